The molecule has 1 aromatic carbocycles. The fraction of sp³-hybridized carbons (Fsp3) is 0.684. The summed E-state index contributed by atoms with van der Waals surface area (Å²) in [6, 6.07) is 4.14. The van der Waals surface area contributed by atoms with Gasteiger partial charge in [-0.1, -0.05) is 31.4 Å². The van der Waals surface area contributed by atoms with E-state index in [2.05, 4.69) is 12.1 Å². The minimum Gasteiger partial charge on any atom is -0.483 e. The molecule has 24 heavy (non-hydrogen) atoms. The van der Waals surface area contributed by atoms with Crippen molar-refractivity contribution in [3.05, 3.63) is 28.8 Å². The highest BCUT2D eigenvalue weighted by molar-refractivity contribution is 7.58. The second kappa shape index (κ2) is 7.59. The third-order valence-electron chi connectivity index (χ3n) is 4.72. The average Bonchev–Trinajstić information content (AvgIpc) is 2.45. The van der Waals surface area contributed by atoms with E-state index < -0.39 is 7.37 Å². The standard InChI is InChI=1S/C19H32NO3P/c1-14-10-16(12-19(3,4)20)11-15(2)18(14)23-13-24(21,22)17-8-6-5-7-9-17/h10-11,17H,5-9,12-13,20H2,1-4H3,(H,21,22). The van der Waals surface area contributed by atoms with E-state index in [1.54, 1.807) is 0 Å². The van der Waals surface area contributed by atoms with Gasteiger partial charge in [0.1, 0.15) is 5.75 Å². The van der Waals surface area contributed by atoms with Gasteiger partial charge in [0.25, 0.3) is 0 Å². The van der Waals surface area contributed by atoms with Crippen LogP contribution in [0.15, 0.2) is 12.1 Å². The molecule has 0 aromatic heterocycles. The first-order valence-electron chi connectivity index (χ1n) is 8.92. The molecule has 1 aliphatic carbocycles. The first kappa shape index (κ1) is 19.5. The van der Waals surface area contributed by atoms with Crippen molar-refractivity contribution in [2.24, 2.45) is 5.73 Å². The predicted octanol–water partition coefficient (Wildman–Crippen LogP) is 4.52. The number of hydrogen-bond acceptors (Lipinski definition) is 3. The average molecular weight is 353 g/mol. The van der Waals surface area contributed by atoms with Crippen LogP contribution in [0.5, 0.6) is 5.75 Å². The van der Waals surface area contributed by atoms with E-state index in [9.17, 15) is 9.46 Å². The third kappa shape index (κ3) is 5.34. The molecule has 1 fully saturated rings. The number of nitrogens with two attached hydrogens (primary N) is 1. The maximum Gasteiger partial charge on any atom is 0.239 e. The van der Waals surface area contributed by atoms with Gasteiger partial charge in [-0.2, -0.15) is 0 Å². The molecule has 5 heteroatoms. The summed E-state index contributed by atoms with van der Waals surface area (Å²) in [4.78, 5) is 10.4. The zero-order chi connectivity index (χ0) is 18.0. The molecule has 3 N–H and O–H groups in total. The highest BCUT2D eigenvalue weighted by Gasteiger charge is 2.33. The van der Waals surface area contributed by atoms with Crippen molar-refractivity contribution >= 4 is 7.37 Å². The maximum absolute atomic E-state index is 12.6. The van der Waals surface area contributed by atoms with Crippen molar-refractivity contribution < 1.29 is 14.2 Å². The zero-order valence-corrected chi connectivity index (χ0v) is 16.4. The van der Waals surface area contributed by atoms with Gasteiger partial charge in [-0.25, -0.2) is 0 Å². The topological polar surface area (TPSA) is 72.5 Å². The summed E-state index contributed by atoms with van der Waals surface area (Å²) < 4.78 is 18.5. The van der Waals surface area contributed by atoms with Crippen LogP contribution in [0, 0.1) is 13.8 Å². The van der Waals surface area contributed by atoms with Gasteiger partial charge >= 0.3 is 0 Å². The quantitative estimate of drug-likeness (QED) is 0.737. The lowest BCUT2D eigenvalue weighted by Crippen LogP contribution is -2.34. The van der Waals surface area contributed by atoms with Gasteiger partial charge in [0, 0.05) is 11.2 Å². The Bertz CT molecular complexity index is 593. The second-order valence-corrected chi connectivity index (χ2v) is 10.5. The molecule has 2 rings (SSSR count). The molecule has 136 valence electrons. The predicted molar refractivity (Wildman–Crippen MR) is 100 cm³/mol. The first-order chi connectivity index (χ1) is 11.1. The van der Waals surface area contributed by atoms with Gasteiger partial charge in [0.05, 0.1) is 0 Å². The molecule has 1 saturated carbocycles. The largest absolute Gasteiger partial charge is 0.483 e. The number of rotatable bonds is 6. The molecule has 0 radical (unpaired) electrons. The van der Waals surface area contributed by atoms with Crippen LogP contribution < -0.4 is 10.5 Å². The van der Waals surface area contributed by atoms with E-state index >= 15 is 0 Å². The van der Waals surface area contributed by atoms with Gasteiger partial charge in [-0.05, 0) is 63.6 Å². The van der Waals surface area contributed by atoms with Crippen molar-refractivity contribution in [2.45, 2.75) is 77.4 Å². The van der Waals surface area contributed by atoms with E-state index in [0.29, 0.717) is 0 Å². The van der Waals surface area contributed by atoms with Crippen LogP contribution in [0.3, 0.4) is 0 Å². The highest BCUT2D eigenvalue weighted by atomic mass is 31.2. The molecule has 1 aliphatic rings. The monoisotopic (exact) mass is 353 g/mol. The minimum atomic E-state index is -3.26. The Morgan fingerprint density at radius 1 is 1.21 bits per heavy atom. The first-order valence-corrected chi connectivity index (χ1v) is 10.8. The van der Waals surface area contributed by atoms with Gasteiger partial charge < -0.3 is 15.4 Å². The molecule has 0 heterocycles. The molecule has 0 spiro atoms. The van der Waals surface area contributed by atoms with Crippen LogP contribution >= 0.6 is 7.37 Å². The number of benzene rings is 1. The summed E-state index contributed by atoms with van der Waals surface area (Å²) in [6.07, 6.45) is 5.68. The van der Waals surface area contributed by atoms with Crippen LogP contribution in [0.4, 0.5) is 0 Å². The number of aryl methyl sites for hydroxylation is 2. The lowest BCUT2D eigenvalue weighted by molar-refractivity contribution is 0.332. The number of hydrogen-bond donors (Lipinski definition) is 2. The normalized spacial score (nSPS) is 19.1. The van der Waals surface area contributed by atoms with Gasteiger partial charge in [-0.3, -0.25) is 4.57 Å². The van der Waals surface area contributed by atoms with E-state index in [0.717, 1.165) is 49.0 Å². The molecule has 0 saturated heterocycles. The van der Waals surface area contributed by atoms with Crippen molar-refractivity contribution in [2.75, 3.05) is 6.35 Å². The Balaban J connectivity index is 2.08. The zero-order valence-electron chi connectivity index (χ0n) is 15.5. The maximum atomic E-state index is 12.6. The summed E-state index contributed by atoms with van der Waals surface area (Å²) in [7, 11) is -3.26. The minimum absolute atomic E-state index is 0.0823. The highest BCUT2D eigenvalue weighted by Crippen LogP contribution is 2.52. The summed E-state index contributed by atoms with van der Waals surface area (Å²) >= 11 is 0. The molecular weight excluding hydrogens is 321 g/mol. The smallest absolute Gasteiger partial charge is 0.239 e. The Kier molecular flexibility index (Phi) is 6.17. The Hall–Kier alpha value is -0.830. The summed E-state index contributed by atoms with van der Waals surface area (Å²) in [5.41, 5.74) is 8.92. The Labute approximate surface area is 146 Å². The van der Waals surface area contributed by atoms with Crippen LogP contribution in [0.2, 0.25) is 0 Å². The lowest BCUT2D eigenvalue weighted by Gasteiger charge is -2.27. The molecule has 1 unspecified atom stereocenters. The van der Waals surface area contributed by atoms with Crippen molar-refractivity contribution in [1.29, 1.82) is 0 Å². The fourth-order valence-electron chi connectivity index (χ4n) is 3.64. The summed E-state index contributed by atoms with van der Waals surface area (Å²) in [6.45, 7) is 7.99. The van der Waals surface area contributed by atoms with Gasteiger partial charge in [0.15, 0.2) is 6.35 Å². The lowest BCUT2D eigenvalue weighted by atomic mass is 9.93. The van der Waals surface area contributed by atoms with Crippen LogP contribution in [0.25, 0.3) is 0 Å². The van der Waals surface area contributed by atoms with Gasteiger partial charge in [-0.15, -0.1) is 0 Å². The second-order valence-electron chi connectivity index (χ2n) is 8.04. The van der Waals surface area contributed by atoms with E-state index in [4.69, 9.17) is 10.5 Å². The Morgan fingerprint density at radius 3 is 2.25 bits per heavy atom. The van der Waals surface area contributed by atoms with Crippen molar-refractivity contribution in [3.8, 4) is 5.75 Å². The molecule has 4 nitrogen and oxygen atoms in total. The van der Waals surface area contributed by atoms with Crippen LogP contribution in [0.1, 0.15) is 62.6 Å². The van der Waals surface area contributed by atoms with E-state index in [1.165, 1.54) is 12.0 Å². The van der Waals surface area contributed by atoms with Crippen LogP contribution in [-0.4, -0.2) is 22.4 Å². The number of ether oxygens (including phenoxy) is 1. The molecule has 0 bridgehead atoms. The van der Waals surface area contributed by atoms with E-state index in [-0.39, 0.29) is 17.5 Å². The molecule has 0 amide bonds. The summed E-state index contributed by atoms with van der Waals surface area (Å²) in [5, 5.41) is 0. The summed E-state index contributed by atoms with van der Waals surface area (Å²) in [5.74, 6) is 0.735. The van der Waals surface area contributed by atoms with Gasteiger partial charge in [0.2, 0.25) is 7.37 Å². The molecular formula is C19H32NO3P. The van der Waals surface area contributed by atoms with Crippen LogP contribution in [-0.2, 0) is 11.0 Å². The molecule has 1 atom stereocenters. The third-order valence-corrected chi connectivity index (χ3v) is 6.88. The molecule has 0 aliphatic heterocycles. The van der Waals surface area contributed by atoms with Crippen molar-refractivity contribution in [3.63, 3.8) is 0 Å². The molecule has 1 aromatic rings. The van der Waals surface area contributed by atoms with E-state index in [1.807, 2.05) is 27.7 Å². The van der Waals surface area contributed by atoms with Crippen molar-refractivity contribution in [1.82, 2.24) is 0 Å². The SMILES string of the molecule is Cc1cc(CC(C)(C)N)cc(C)c1OCP(=O)(O)C1CCCCC1. The Morgan fingerprint density at radius 2 is 1.75 bits per heavy atom. The fourth-order valence-corrected chi connectivity index (χ4v) is 5.34.